The van der Waals surface area contributed by atoms with Crippen LogP contribution in [0.15, 0.2) is 36.7 Å². The van der Waals surface area contributed by atoms with Crippen LogP contribution in [-0.2, 0) is 0 Å². The van der Waals surface area contributed by atoms with Crippen molar-refractivity contribution in [3.8, 4) is 6.07 Å². The summed E-state index contributed by atoms with van der Waals surface area (Å²) in [6.07, 6.45) is 3.63. The first-order valence-corrected chi connectivity index (χ1v) is 6.65. The van der Waals surface area contributed by atoms with Crippen LogP contribution in [0.1, 0.15) is 28.9 Å². The highest BCUT2D eigenvalue weighted by Gasteiger charge is 2.21. The molecule has 6 heteroatoms. The van der Waals surface area contributed by atoms with E-state index in [4.69, 9.17) is 5.26 Å². The van der Waals surface area contributed by atoms with Crippen molar-refractivity contribution in [3.05, 3.63) is 47.9 Å². The first kappa shape index (κ1) is 13.1. The van der Waals surface area contributed by atoms with E-state index in [1.165, 1.54) is 6.33 Å². The van der Waals surface area contributed by atoms with Crippen LogP contribution in [-0.4, -0.2) is 21.9 Å². The van der Waals surface area contributed by atoms with E-state index in [1.54, 1.807) is 30.3 Å². The molecule has 0 bridgehead atoms. The number of carbonyl (C=O) groups is 1. The van der Waals surface area contributed by atoms with Gasteiger partial charge in [0.15, 0.2) is 0 Å². The van der Waals surface area contributed by atoms with Crippen LogP contribution in [0, 0.1) is 11.3 Å². The third-order valence-electron chi connectivity index (χ3n) is 3.08. The van der Waals surface area contributed by atoms with Crippen molar-refractivity contribution >= 4 is 17.4 Å². The molecule has 1 aromatic heterocycles. The zero-order chi connectivity index (χ0) is 14.7. The Morgan fingerprint density at radius 1 is 1.29 bits per heavy atom. The summed E-state index contributed by atoms with van der Waals surface area (Å²) in [6, 6.07) is 10.9. The molecule has 1 aliphatic carbocycles. The molecule has 0 atom stereocenters. The summed E-state index contributed by atoms with van der Waals surface area (Å²) in [7, 11) is 0. The van der Waals surface area contributed by atoms with Crippen molar-refractivity contribution in [2.24, 2.45) is 0 Å². The van der Waals surface area contributed by atoms with Crippen LogP contribution in [0.5, 0.6) is 0 Å². The van der Waals surface area contributed by atoms with Gasteiger partial charge < -0.3 is 10.6 Å². The van der Waals surface area contributed by atoms with E-state index in [0.29, 0.717) is 23.1 Å². The Labute approximate surface area is 121 Å². The molecule has 1 aromatic carbocycles. The van der Waals surface area contributed by atoms with Gasteiger partial charge in [0.2, 0.25) is 0 Å². The molecular weight excluding hydrogens is 266 g/mol. The van der Waals surface area contributed by atoms with Crippen molar-refractivity contribution in [1.29, 1.82) is 5.26 Å². The van der Waals surface area contributed by atoms with Gasteiger partial charge in [-0.25, -0.2) is 9.97 Å². The summed E-state index contributed by atoms with van der Waals surface area (Å²) in [4.78, 5) is 20.2. The van der Waals surface area contributed by atoms with E-state index >= 15 is 0 Å². The summed E-state index contributed by atoms with van der Waals surface area (Å²) in [6.45, 7) is 0. The third-order valence-corrected chi connectivity index (χ3v) is 3.08. The number of aromatic nitrogens is 2. The number of carbonyl (C=O) groups excluding carboxylic acids is 1. The highest BCUT2D eigenvalue weighted by atomic mass is 16.1. The standard InChI is InChI=1S/C15H13N5O/c16-8-10-2-1-3-12(6-10)20-15(21)13-7-14(18-9-17-13)19-11-4-5-11/h1-3,6-7,9,11H,4-5H2,(H,20,21)(H,17,18,19). The largest absolute Gasteiger partial charge is 0.367 e. The number of anilines is 2. The number of rotatable bonds is 4. The maximum atomic E-state index is 12.2. The Kier molecular flexibility index (Phi) is 3.48. The smallest absolute Gasteiger partial charge is 0.274 e. The molecule has 1 saturated carbocycles. The van der Waals surface area contributed by atoms with Crippen molar-refractivity contribution in [3.63, 3.8) is 0 Å². The molecule has 0 spiro atoms. The normalized spacial score (nSPS) is 13.3. The van der Waals surface area contributed by atoms with Crippen LogP contribution >= 0.6 is 0 Å². The van der Waals surface area contributed by atoms with E-state index in [0.717, 1.165) is 12.8 Å². The van der Waals surface area contributed by atoms with Crippen LogP contribution in [0.25, 0.3) is 0 Å². The van der Waals surface area contributed by atoms with Gasteiger partial charge in [-0.1, -0.05) is 6.07 Å². The monoisotopic (exact) mass is 279 g/mol. The Balaban J connectivity index is 1.73. The third kappa shape index (κ3) is 3.34. The molecule has 1 aliphatic rings. The van der Waals surface area contributed by atoms with Crippen molar-refractivity contribution in [1.82, 2.24) is 9.97 Å². The maximum absolute atomic E-state index is 12.2. The Hall–Kier alpha value is -2.94. The second-order valence-corrected chi connectivity index (χ2v) is 4.85. The molecule has 0 unspecified atom stereocenters. The molecule has 1 heterocycles. The van der Waals surface area contributed by atoms with Gasteiger partial charge in [0.05, 0.1) is 11.6 Å². The zero-order valence-corrected chi connectivity index (χ0v) is 11.2. The van der Waals surface area contributed by atoms with E-state index in [-0.39, 0.29) is 11.6 Å². The molecule has 2 N–H and O–H groups in total. The summed E-state index contributed by atoms with van der Waals surface area (Å²) < 4.78 is 0. The Bertz CT molecular complexity index is 718. The minimum absolute atomic E-state index is 0.288. The molecule has 0 radical (unpaired) electrons. The number of nitriles is 1. The number of nitrogens with one attached hydrogen (secondary N) is 2. The van der Waals surface area contributed by atoms with E-state index in [9.17, 15) is 4.79 Å². The molecule has 1 fully saturated rings. The highest BCUT2D eigenvalue weighted by molar-refractivity contribution is 6.03. The predicted octanol–water partition coefficient (Wildman–Crippen LogP) is 2.17. The van der Waals surface area contributed by atoms with E-state index in [2.05, 4.69) is 20.6 Å². The van der Waals surface area contributed by atoms with E-state index in [1.807, 2.05) is 6.07 Å². The van der Waals surface area contributed by atoms with Gasteiger partial charge in [-0.05, 0) is 31.0 Å². The molecule has 0 aliphatic heterocycles. The second kappa shape index (κ2) is 5.59. The van der Waals surface area contributed by atoms with Crippen molar-refractivity contribution < 1.29 is 4.79 Å². The maximum Gasteiger partial charge on any atom is 0.274 e. The summed E-state index contributed by atoms with van der Waals surface area (Å²) in [5.41, 5.74) is 1.34. The van der Waals surface area contributed by atoms with Crippen molar-refractivity contribution in [2.45, 2.75) is 18.9 Å². The Morgan fingerprint density at radius 2 is 2.14 bits per heavy atom. The van der Waals surface area contributed by atoms with Gasteiger partial charge in [0.1, 0.15) is 17.8 Å². The summed E-state index contributed by atoms with van der Waals surface area (Å²) in [5, 5.41) is 14.8. The minimum atomic E-state index is -0.327. The lowest BCUT2D eigenvalue weighted by Gasteiger charge is -2.07. The van der Waals surface area contributed by atoms with Gasteiger partial charge in [-0.3, -0.25) is 4.79 Å². The van der Waals surface area contributed by atoms with Gasteiger partial charge in [-0.2, -0.15) is 5.26 Å². The predicted molar refractivity (Wildman–Crippen MR) is 77.8 cm³/mol. The number of benzene rings is 1. The lowest BCUT2D eigenvalue weighted by atomic mass is 10.2. The molecule has 1 amide bonds. The fraction of sp³-hybridized carbons (Fsp3) is 0.200. The molecule has 2 aromatic rings. The minimum Gasteiger partial charge on any atom is -0.367 e. The molecule has 0 saturated heterocycles. The average molecular weight is 279 g/mol. The van der Waals surface area contributed by atoms with E-state index < -0.39 is 0 Å². The first-order valence-electron chi connectivity index (χ1n) is 6.65. The van der Waals surface area contributed by atoms with Gasteiger partial charge in [-0.15, -0.1) is 0 Å². The summed E-state index contributed by atoms with van der Waals surface area (Å²) in [5.74, 6) is 0.328. The fourth-order valence-corrected chi connectivity index (χ4v) is 1.86. The fourth-order valence-electron chi connectivity index (χ4n) is 1.86. The Morgan fingerprint density at radius 3 is 2.90 bits per heavy atom. The molecular formula is C15H13N5O. The SMILES string of the molecule is N#Cc1cccc(NC(=O)c2cc(NC3CC3)ncn2)c1. The highest BCUT2D eigenvalue weighted by Crippen LogP contribution is 2.23. The van der Waals surface area contributed by atoms with Crippen LogP contribution in [0.2, 0.25) is 0 Å². The number of hydrogen-bond donors (Lipinski definition) is 2. The van der Waals surface area contributed by atoms with Gasteiger partial charge in [0, 0.05) is 17.8 Å². The first-order chi connectivity index (χ1) is 10.2. The average Bonchev–Trinajstić information content (AvgIpc) is 3.31. The topological polar surface area (TPSA) is 90.7 Å². The molecule has 3 rings (SSSR count). The number of amides is 1. The number of nitrogens with zero attached hydrogens (tertiary/aromatic N) is 3. The quantitative estimate of drug-likeness (QED) is 0.895. The van der Waals surface area contributed by atoms with Crippen molar-refractivity contribution in [2.75, 3.05) is 10.6 Å². The summed E-state index contributed by atoms with van der Waals surface area (Å²) >= 11 is 0. The van der Waals surface area contributed by atoms with Gasteiger partial charge >= 0.3 is 0 Å². The second-order valence-electron chi connectivity index (χ2n) is 4.85. The molecule has 104 valence electrons. The van der Waals surface area contributed by atoms with Gasteiger partial charge in [0.25, 0.3) is 5.91 Å². The number of hydrogen-bond acceptors (Lipinski definition) is 5. The van der Waals surface area contributed by atoms with Crippen LogP contribution in [0.4, 0.5) is 11.5 Å². The van der Waals surface area contributed by atoms with Crippen LogP contribution in [0.3, 0.4) is 0 Å². The zero-order valence-electron chi connectivity index (χ0n) is 11.2. The molecule has 6 nitrogen and oxygen atoms in total. The lowest BCUT2D eigenvalue weighted by Crippen LogP contribution is -2.15. The lowest BCUT2D eigenvalue weighted by molar-refractivity contribution is 0.102. The molecule has 21 heavy (non-hydrogen) atoms. The van der Waals surface area contributed by atoms with Crippen LogP contribution < -0.4 is 10.6 Å².